The van der Waals surface area contributed by atoms with Crippen molar-refractivity contribution in [2.24, 2.45) is 5.10 Å². The van der Waals surface area contributed by atoms with E-state index < -0.39 is 10.7 Å². The number of hydrogen-bond acceptors (Lipinski definition) is 6. The van der Waals surface area contributed by atoms with E-state index in [0.29, 0.717) is 22.3 Å². The van der Waals surface area contributed by atoms with E-state index in [4.69, 9.17) is 9.72 Å². The van der Waals surface area contributed by atoms with Gasteiger partial charge in [-0.05, 0) is 49.2 Å². The number of fused-ring (bicyclic) bond motifs is 1. The lowest BCUT2D eigenvalue weighted by Crippen LogP contribution is -2.25. The molecule has 0 spiro atoms. The molecule has 10 heteroatoms. The number of nitro benzene ring substituents is 1. The van der Waals surface area contributed by atoms with Crippen LogP contribution < -0.4 is 10.3 Å². The molecule has 4 aromatic rings. The van der Waals surface area contributed by atoms with Gasteiger partial charge in [-0.25, -0.2) is 9.37 Å². The molecule has 194 valence electrons. The summed E-state index contributed by atoms with van der Waals surface area (Å²) in [6, 6.07) is 15.8. The summed E-state index contributed by atoms with van der Waals surface area (Å²) in [5.74, 6) is 0.257. The smallest absolute Gasteiger partial charge is 0.311 e. The van der Waals surface area contributed by atoms with E-state index >= 15 is 0 Å². The molecular weight excluding hydrogens is 555 g/mol. The summed E-state index contributed by atoms with van der Waals surface area (Å²) >= 11 is 3.41. The van der Waals surface area contributed by atoms with Crippen LogP contribution in [-0.2, 0) is 6.61 Å². The molecule has 1 heterocycles. The molecular formula is C28H24BrFN4O4. The van der Waals surface area contributed by atoms with Crippen LogP contribution in [0.5, 0.6) is 5.75 Å². The van der Waals surface area contributed by atoms with E-state index in [1.807, 2.05) is 12.1 Å². The van der Waals surface area contributed by atoms with Gasteiger partial charge in [-0.2, -0.15) is 9.78 Å². The number of aromatic nitrogens is 2. The van der Waals surface area contributed by atoms with Gasteiger partial charge in [0.25, 0.3) is 5.56 Å². The molecule has 8 nitrogen and oxygen atoms in total. The van der Waals surface area contributed by atoms with E-state index in [-0.39, 0.29) is 35.1 Å². The first-order valence-corrected chi connectivity index (χ1v) is 13.1. The molecule has 5 rings (SSSR count). The predicted molar refractivity (Wildman–Crippen MR) is 146 cm³/mol. The molecule has 0 saturated heterocycles. The Morgan fingerprint density at radius 2 is 1.92 bits per heavy atom. The summed E-state index contributed by atoms with van der Waals surface area (Å²) in [6.07, 6.45) is 6.52. The second kappa shape index (κ2) is 11.2. The first-order valence-electron chi connectivity index (χ1n) is 12.3. The maximum atomic E-state index is 13.9. The van der Waals surface area contributed by atoms with Gasteiger partial charge in [0.05, 0.1) is 22.0 Å². The molecule has 0 unspecified atom stereocenters. The van der Waals surface area contributed by atoms with Crippen LogP contribution in [-0.4, -0.2) is 20.8 Å². The highest BCUT2D eigenvalue weighted by atomic mass is 79.9. The highest BCUT2D eigenvalue weighted by Crippen LogP contribution is 2.32. The Labute approximate surface area is 226 Å². The van der Waals surface area contributed by atoms with Gasteiger partial charge in [-0.1, -0.05) is 53.4 Å². The maximum Gasteiger partial charge on any atom is 0.311 e. The Kier molecular flexibility index (Phi) is 7.59. The molecule has 1 aliphatic carbocycles. The van der Waals surface area contributed by atoms with Crippen molar-refractivity contribution in [2.75, 3.05) is 0 Å². The third-order valence-electron chi connectivity index (χ3n) is 6.65. The topological polar surface area (TPSA) is 99.6 Å². The van der Waals surface area contributed by atoms with Crippen molar-refractivity contribution in [3.05, 3.63) is 108 Å². The first-order chi connectivity index (χ1) is 18.4. The minimum Gasteiger partial charge on any atom is -0.482 e. The van der Waals surface area contributed by atoms with Gasteiger partial charge in [-0.15, -0.1) is 0 Å². The van der Waals surface area contributed by atoms with Crippen LogP contribution in [0.1, 0.15) is 55.0 Å². The highest BCUT2D eigenvalue weighted by molar-refractivity contribution is 9.10. The van der Waals surface area contributed by atoms with Crippen molar-refractivity contribution in [3.63, 3.8) is 0 Å². The second-order valence-electron chi connectivity index (χ2n) is 9.19. The second-order valence-corrected chi connectivity index (χ2v) is 10.1. The van der Waals surface area contributed by atoms with Crippen molar-refractivity contribution < 1.29 is 14.1 Å². The molecule has 0 bridgehead atoms. The lowest BCUT2D eigenvalue weighted by Gasteiger charge is -2.22. The maximum absolute atomic E-state index is 13.9. The van der Waals surface area contributed by atoms with Crippen molar-refractivity contribution >= 4 is 38.7 Å². The van der Waals surface area contributed by atoms with Crippen LogP contribution in [0, 0.1) is 15.9 Å². The molecule has 0 radical (unpaired) electrons. The average molecular weight is 579 g/mol. The van der Waals surface area contributed by atoms with Crippen LogP contribution in [0.15, 0.2) is 75.0 Å². The highest BCUT2D eigenvalue weighted by Gasteiger charge is 2.23. The number of nitrogens with zero attached hydrogens (tertiary/aromatic N) is 4. The van der Waals surface area contributed by atoms with Crippen molar-refractivity contribution in [3.8, 4) is 5.75 Å². The monoisotopic (exact) mass is 578 g/mol. The number of nitro groups is 1. The Balaban J connectivity index is 1.49. The average Bonchev–Trinajstić information content (AvgIpc) is 2.93. The molecule has 1 aliphatic rings. The van der Waals surface area contributed by atoms with Gasteiger partial charge in [0.2, 0.25) is 0 Å². The minimum atomic E-state index is -0.567. The van der Waals surface area contributed by atoms with Crippen molar-refractivity contribution in [2.45, 2.75) is 44.6 Å². The summed E-state index contributed by atoms with van der Waals surface area (Å²) in [4.78, 5) is 29.5. The predicted octanol–water partition coefficient (Wildman–Crippen LogP) is 6.72. The van der Waals surface area contributed by atoms with E-state index in [9.17, 15) is 19.3 Å². The molecule has 1 fully saturated rings. The summed E-state index contributed by atoms with van der Waals surface area (Å²) in [6.45, 7) is -0.153. The minimum absolute atomic E-state index is 0.00712. The molecule has 1 saturated carbocycles. The SMILES string of the molecule is O=c1c2cc(Br)ccc2nc(C2CCCCC2)n1N=Cc1ccc(OCc2ccccc2F)c([N+](=O)[O-])c1. The normalized spacial score (nSPS) is 14.3. The van der Waals surface area contributed by atoms with Crippen LogP contribution in [0.4, 0.5) is 10.1 Å². The Morgan fingerprint density at radius 1 is 1.13 bits per heavy atom. The number of hydrogen-bond donors (Lipinski definition) is 0. The van der Waals surface area contributed by atoms with E-state index in [0.717, 1.165) is 36.6 Å². The summed E-state index contributed by atoms with van der Waals surface area (Å²) in [7, 11) is 0. The Bertz CT molecular complexity index is 1600. The summed E-state index contributed by atoms with van der Waals surface area (Å²) in [5.41, 5.74) is 0.721. The fourth-order valence-electron chi connectivity index (χ4n) is 4.68. The molecule has 0 amide bonds. The third kappa shape index (κ3) is 5.50. The van der Waals surface area contributed by atoms with Gasteiger partial charge in [-0.3, -0.25) is 14.9 Å². The summed E-state index contributed by atoms with van der Waals surface area (Å²) in [5, 5.41) is 16.6. The molecule has 3 aromatic carbocycles. The van der Waals surface area contributed by atoms with Crippen LogP contribution in [0.25, 0.3) is 10.9 Å². The number of benzene rings is 3. The molecule has 0 atom stereocenters. The van der Waals surface area contributed by atoms with E-state index in [1.165, 1.54) is 29.1 Å². The number of rotatable bonds is 7. The zero-order valence-corrected chi connectivity index (χ0v) is 21.9. The van der Waals surface area contributed by atoms with Gasteiger partial charge < -0.3 is 4.74 Å². The first kappa shape index (κ1) is 25.7. The number of ether oxygens (including phenoxy) is 1. The zero-order chi connectivity index (χ0) is 26.6. The molecule has 0 N–H and O–H groups in total. The summed E-state index contributed by atoms with van der Waals surface area (Å²) < 4.78 is 21.6. The lowest BCUT2D eigenvalue weighted by atomic mass is 9.88. The standard InChI is InChI=1S/C28H24BrFN4O4/c29-21-11-12-24-22(15-21)28(35)33(27(32-24)19-6-2-1-3-7-19)31-16-18-10-13-26(25(14-18)34(36)37)38-17-20-8-4-5-9-23(20)30/h4-5,8-16,19H,1-3,6-7,17H2. The molecule has 38 heavy (non-hydrogen) atoms. The van der Waals surface area contributed by atoms with Gasteiger partial charge in [0.1, 0.15) is 18.2 Å². The van der Waals surface area contributed by atoms with Gasteiger partial charge in [0, 0.05) is 27.6 Å². The quantitative estimate of drug-likeness (QED) is 0.138. The third-order valence-corrected chi connectivity index (χ3v) is 7.14. The molecule has 1 aromatic heterocycles. The largest absolute Gasteiger partial charge is 0.482 e. The van der Waals surface area contributed by atoms with Gasteiger partial charge >= 0.3 is 5.69 Å². The van der Waals surface area contributed by atoms with Crippen LogP contribution >= 0.6 is 15.9 Å². The van der Waals surface area contributed by atoms with Crippen LogP contribution in [0.2, 0.25) is 0 Å². The zero-order valence-electron chi connectivity index (χ0n) is 20.3. The van der Waals surface area contributed by atoms with E-state index in [2.05, 4.69) is 21.0 Å². The molecule has 0 aliphatic heterocycles. The van der Waals surface area contributed by atoms with Crippen molar-refractivity contribution in [1.82, 2.24) is 9.66 Å². The Hall–Kier alpha value is -3.92. The van der Waals surface area contributed by atoms with Crippen LogP contribution in [0.3, 0.4) is 0 Å². The fraction of sp³-hybridized carbons (Fsp3) is 0.250. The van der Waals surface area contributed by atoms with Gasteiger partial charge in [0.15, 0.2) is 5.75 Å². The van der Waals surface area contributed by atoms with Crippen molar-refractivity contribution in [1.29, 1.82) is 0 Å². The number of halogens is 2. The Morgan fingerprint density at radius 3 is 2.68 bits per heavy atom. The fourth-order valence-corrected chi connectivity index (χ4v) is 5.04. The lowest BCUT2D eigenvalue weighted by molar-refractivity contribution is -0.386. The van der Waals surface area contributed by atoms with E-state index in [1.54, 1.807) is 30.3 Å².